The summed E-state index contributed by atoms with van der Waals surface area (Å²) in [6.07, 6.45) is -1.13. The highest BCUT2D eigenvalue weighted by molar-refractivity contribution is 5.98. The first-order chi connectivity index (χ1) is 16.9. The van der Waals surface area contributed by atoms with Crippen molar-refractivity contribution in [3.63, 3.8) is 0 Å². The highest BCUT2D eigenvalue weighted by Gasteiger charge is 2.29. The summed E-state index contributed by atoms with van der Waals surface area (Å²) in [5, 5.41) is 22.5. The molecule has 180 valence electrons. The van der Waals surface area contributed by atoms with E-state index in [4.69, 9.17) is 14.9 Å². The standard InChI is InChI=1S/C26H23FN2O6/c27-23-19(24(31)28-22(12-13-30)25(32)33)10-5-11-21(23)29-26(34)35-14-20-17-8-3-1-6-15(17)16-7-2-4-9-18(16)20/h1-11,20,22,30H,12-14H2,(H,28,31)(H,29,34)(H,32,33). The fourth-order valence-electron chi connectivity index (χ4n) is 4.17. The van der Waals surface area contributed by atoms with Gasteiger partial charge in [0.25, 0.3) is 5.91 Å². The van der Waals surface area contributed by atoms with Crippen LogP contribution in [0.1, 0.15) is 33.8 Å². The van der Waals surface area contributed by atoms with Crippen molar-refractivity contribution in [2.24, 2.45) is 0 Å². The van der Waals surface area contributed by atoms with Crippen LogP contribution in [-0.4, -0.2) is 47.4 Å². The van der Waals surface area contributed by atoms with Gasteiger partial charge >= 0.3 is 12.1 Å². The molecule has 0 bridgehead atoms. The van der Waals surface area contributed by atoms with E-state index in [1.165, 1.54) is 12.1 Å². The molecule has 2 amide bonds. The molecule has 0 aliphatic heterocycles. The number of amides is 2. The number of carboxylic acid groups (broad SMARTS) is 1. The highest BCUT2D eigenvalue weighted by atomic mass is 19.1. The molecular formula is C26H23FN2O6. The zero-order chi connectivity index (χ0) is 24.9. The summed E-state index contributed by atoms with van der Waals surface area (Å²) in [6, 6.07) is 18.1. The van der Waals surface area contributed by atoms with E-state index in [1.54, 1.807) is 0 Å². The molecule has 0 saturated heterocycles. The number of fused-ring (bicyclic) bond motifs is 3. The summed E-state index contributed by atoms with van der Waals surface area (Å²) in [7, 11) is 0. The average molecular weight is 478 g/mol. The third kappa shape index (κ3) is 4.99. The number of ether oxygens (including phenoxy) is 1. The molecule has 1 aliphatic carbocycles. The Hall–Kier alpha value is -4.24. The van der Waals surface area contributed by atoms with E-state index in [2.05, 4.69) is 10.6 Å². The van der Waals surface area contributed by atoms with Crippen LogP contribution in [0.3, 0.4) is 0 Å². The fraction of sp³-hybridized carbons (Fsp3) is 0.192. The summed E-state index contributed by atoms with van der Waals surface area (Å²) in [5.41, 5.74) is 3.46. The monoisotopic (exact) mass is 478 g/mol. The Balaban J connectivity index is 1.44. The van der Waals surface area contributed by atoms with Crippen LogP contribution in [-0.2, 0) is 9.53 Å². The Morgan fingerprint density at radius 3 is 2.17 bits per heavy atom. The van der Waals surface area contributed by atoms with E-state index in [0.29, 0.717) is 0 Å². The molecule has 0 spiro atoms. The lowest BCUT2D eigenvalue weighted by Crippen LogP contribution is -2.41. The summed E-state index contributed by atoms with van der Waals surface area (Å²) < 4.78 is 20.3. The number of aliphatic hydroxyl groups excluding tert-OH is 1. The number of rotatable bonds is 8. The normalized spacial score (nSPS) is 12.9. The summed E-state index contributed by atoms with van der Waals surface area (Å²) in [6.45, 7) is -0.438. The van der Waals surface area contributed by atoms with Crippen LogP contribution in [0.2, 0.25) is 0 Å². The van der Waals surface area contributed by atoms with E-state index in [-0.39, 0.29) is 24.6 Å². The molecule has 1 unspecified atom stereocenters. The molecule has 0 aromatic heterocycles. The van der Waals surface area contributed by atoms with Crippen LogP contribution < -0.4 is 10.6 Å². The number of nitrogens with one attached hydrogen (secondary N) is 2. The first kappa shape index (κ1) is 23.9. The van der Waals surface area contributed by atoms with Crippen molar-refractivity contribution in [2.45, 2.75) is 18.4 Å². The molecule has 3 aromatic rings. The lowest BCUT2D eigenvalue weighted by molar-refractivity contribution is -0.139. The lowest BCUT2D eigenvalue weighted by Gasteiger charge is -2.16. The van der Waals surface area contributed by atoms with Crippen molar-refractivity contribution in [1.82, 2.24) is 5.32 Å². The maximum Gasteiger partial charge on any atom is 0.411 e. The molecule has 9 heteroatoms. The second-order valence-corrected chi connectivity index (χ2v) is 7.99. The lowest BCUT2D eigenvalue weighted by atomic mass is 9.98. The van der Waals surface area contributed by atoms with Crippen molar-refractivity contribution >= 4 is 23.7 Å². The van der Waals surface area contributed by atoms with E-state index >= 15 is 0 Å². The largest absolute Gasteiger partial charge is 0.480 e. The number of aliphatic carboxylic acids is 1. The average Bonchev–Trinajstić information content (AvgIpc) is 3.17. The quantitative estimate of drug-likeness (QED) is 0.391. The van der Waals surface area contributed by atoms with Gasteiger partial charge in [0.05, 0.1) is 11.3 Å². The number of halogens is 1. The predicted octanol–water partition coefficient (Wildman–Crippen LogP) is 3.75. The van der Waals surface area contributed by atoms with Crippen molar-refractivity contribution < 1.29 is 33.7 Å². The SMILES string of the molecule is O=C(Nc1cccc(C(=O)NC(CCO)C(=O)O)c1F)OCC1c2ccccc2-c2ccccc21. The number of carbonyl (C=O) groups excluding carboxylic acids is 2. The Morgan fingerprint density at radius 1 is 0.943 bits per heavy atom. The minimum absolute atomic E-state index is 0.0309. The van der Waals surface area contributed by atoms with Crippen LogP contribution in [0.5, 0.6) is 0 Å². The molecule has 35 heavy (non-hydrogen) atoms. The van der Waals surface area contributed by atoms with Crippen LogP contribution >= 0.6 is 0 Å². The molecule has 0 radical (unpaired) electrons. The van der Waals surface area contributed by atoms with Crippen molar-refractivity contribution in [3.05, 3.63) is 89.2 Å². The zero-order valence-electron chi connectivity index (χ0n) is 18.5. The summed E-state index contributed by atoms with van der Waals surface area (Å²) in [4.78, 5) is 36.1. The third-order valence-electron chi connectivity index (χ3n) is 5.84. The van der Waals surface area contributed by atoms with E-state index < -0.39 is 42.0 Å². The minimum Gasteiger partial charge on any atom is -0.480 e. The molecule has 0 heterocycles. The Kier molecular flexibility index (Phi) is 7.07. The van der Waals surface area contributed by atoms with E-state index in [1.807, 2.05) is 48.5 Å². The molecular weight excluding hydrogens is 455 g/mol. The van der Waals surface area contributed by atoms with E-state index in [0.717, 1.165) is 28.3 Å². The van der Waals surface area contributed by atoms with Gasteiger partial charge in [0.15, 0.2) is 5.82 Å². The molecule has 4 N–H and O–H groups in total. The Bertz CT molecular complexity index is 1230. The summed E-state index contributed by atoms with van der Waals surface area (Å²) >= 11 is 0. The Labute approximate surface area is 200 Å². The van der Waals surface area contributed by atoms with Gasteiger partial charge in [-0.15, -0.1) is 0 Å². The number of hydrogen-bond acceptors (Lipinski definition) is 5. The van der Waals surface area contributed by atoms with Crippen LogP contribution in [0.25, 0.3) is 11.1 Å². The fourth-order valence-corrected chi connectivity index (χ4v) is 4.17. The van der Waals surface area contributed by atoms with Crippen LogP contribution in [0.4, 0.5) is 14.9 Å². The van der Waals surface area contributed by atoms with Crippen molar-refractivity contribution in [3.8, 4) is 11.1 Å². The molecule has 1 atom stereocenters. The second-order valence-electron chi connectivity index (χ2n) is 7.99. The third-order valence-corrected chi connectivity index (χ3v) is 5.84. The number of hydrogen-bond donors (Lipinski definition) is 4. The van der Waals surface area contributed by atoms with Gasteiger partial charge in [0.1, 0.15) is 12.6 Å². The number of carbonyl (C=O) groups is 3. The molecule has 8 nitrogen and oxygen atoms in total. The topological polar surface area (TPSA) is 125 Å². The van der Waals surface area contributed by atoms with Gasteiger partial charge in [-0.2, -0.15) is 0 Å². The van der Waals surface area contributed by atoms with Gasteiger partial charge in [0, 0.05) is 18.9 Å². The van der Waals surface area contributed by atoms with Gasteiger partial charge < -0.3 is 20.3 Å². The Morgan fingerprint density at radius 2 is 1.57 bits per heavy atom. The van der Waals surface area contributed by atoms with Gasteiger partial charge in [-0.1, -0.05) is 54.6 Å². The van der Waals surface area contributed by atoms with Crippen LogP contribution in [0, 0.1) is 5.82 Å². The smallest absolute Gasteiger partial charge is 0.411 e. The maximum atomic E-state index is 14.9. The van der Waals surface area contributed by atoms with E-state index in [9.17, 15) is 18.8 Å². The first-order valence-electron chi connectivity index (χ1n) is 11.0. The number of carboxylic acids is 1. The van der Waals surface area contributed by atoms with Gasteiger partial charge in [-0.05, 0) is 34.4 Å². The molecule has 1 aliphatic rings. The zero-order valence-corrected chi connectivity index (χ0v) is 18.5. The van der Waals surface area contributed by atoms with Gasteiger partial charge in [0.2, 0.25) is 0 Å². The van der Waals surface area contributed by atoms with Crippen molar-refractivity contribution in [2.75, 3.05) is 18.5 Å². The summed E-state index contributed by atoms with van der Waals surface area (Å²) in [5.74, 6) is -3.55. The molecule has 0 saturated carbocycles. The minimum atomic E-state index is -1.38. The number of benzene rings is 3. The second kappa shape index (κ2) is 10.4. The molecule has 4 rings (SSSR count). The van der Waals surface area contributed by atoms with Crippen LogP contribution in [0.15, 0.2) is 66.7 Å². The molecule has 3 aromatic carbocycles. The first-order valence-corrected chi connectivity index (χ1v) is 11.0. The maximum absolute atomic E-state index is 14.9. The molecule has 0 fully saturated rings. The van der Waals surface area contributed by atoms with Gasteiger partial charge in [-0.3, -0.25) is 10.1 Å². The predicted molar refractivity (Wildman–Crippen MR) is 126 cm³/mol. The number of anilines is 1. The number of aliphatic hydroxyl groups is 1. The van der Waals surface area contributed by atoms with Crippen molar-refractivity contribution in [1.29, 1.82) is 0 Å². The highest BCUT2D eigenvalue weighted by Crippen LogP contribution is 2.44. The van der Waals surface area contributed by atoms with Gasteiger partial charge in [-0.25, -0.2) is 14.0 Å².